The number of rotatable bonds is 11. The summed E-state index contributed by atoms with van der Waals surface area (Å²) in [6.07, 6.45) is -0.374. The van der Waals surface area contributed by atoms with Gasteiger partial charge >= 0.3 is 11.9 Å². The van der Waals surface area contributed by atoms with Gasteiger partial charge in [0.1, 0.15) is 0 Å². The van der Waals surface area contributed by atoms with Crippen LogP contribution >= 0.6 is 11.8 Å². The summed E-state index contributed by atoms with van der Waals surface area (Å²) in [5.74, 6) is -3.56. The van der Waals surface area contributed by atoms with E-state index in [2.05, 4.69) is 16.0 Å². The molecule has 0 heterocycles. The van der Waals surface area contributed by atoms with Crippen LogP contribution in [0.2, 0.25) is 0 Å². The summed E-state index contributed by atoms with van der Waals surface area (Å²) in [5, 5.41) is 33.2. The molecule has 2 rings (SSSR count). The molecule has 2 aromatic carbocycles. The minimum Gasteiger partial charge on any atom is -0.481 e. The van der Waals surface area contributed by atoms with Gasteiger partial charge in [0.2, 0.25) is 5.91 Å². The first-order valence-corrected chi connectivity index (χ1v) is 10.6. The fourth-order valence-electron chi connectivity index (χ4n) is 2.76. The van der Waals surface area contributed by atoms with Crippen LogP contribution in [0.15, 0.2) is 53.4 Å². The van der Waals surface area contributed by atoms with Crippen molar-refractivity contribution in [3.8, 4) is 0 Å². The quantitative estimate of drug-likeness (QED) is 0.142. The average Bonchev–Trinajstić information content (AvgIpc) is 2.75. The molecule has 0 aliphatic heterocycles. The number of amides is 2. The summed E-state index contributed by atoms with van der Waals surface area (Å²) in [4.78, 5) is 47.5. The van der Waals surface area contributed by atoms with Crippen molar-refractivity contribution < 1.29 is 29.4 Å². The van der Waals surface area contributed by atoms with Gasteiger partial charge in [-0.15, -0.1) is 11.8 Å². The highest BCUT2D eigenvalue weighted by Gasteiger charge is 2.19. The molecule has 11 nitrogen and oxygen atoms in total. The van der Waals surface area contributed by atoms with Crippen LogP contribution in [-0.4, -0.2) is 58.3 Å². The van der Waals surface area contributed by atoms with E-state index < -0.39 is 36.3 Å². The number of carboxylic acid groups (broad SMARTS) is 2. The second-order valence-electron chi connectivity index (χ2n) is 6.78. The van der Waals surface area contributed by atoms with Gasteiger partial charge in [-0.2, -0.15) is 0 Å². The molecule has 0 saturated heterocycles. The predicted octanol–water partition coefficient (Wildman–Crippen LogP) is 1.17. The third-order valence-electron chi connectivity index (χ3n) is 4.16. The van der Waals surface area contributed by atoms with Gasteiger partial charge in [-0.1, -0.05) is 18.2 Å². The second-order valence-corrected chi connectivity index (χ2v) is 7.84. The summed E-state index contributed by atoms with van der Waals surface area (Å²) in [5.41, 5.74) is 6.00. The number of anilines is 1. The number of benzene rings is 2. The summed E-state index contributed by atoms with van der Waals surface area (Å²) >= 11 is 1.11. The molecule has 33 heavy (non-hydrogen) atoms. The monoisotopic (exact) mass is 473 g/mol. The molecule has 174 valence electrons. The van der Waals surface area contributed by atoms with Gasteiger partial charge in [-0.05, 0) is 30.3 Å². The van der Waals surface area contributed by atoms with Gasteiger partial charge in [0, 0.05) is 27.9 Å². The van der Waals surface area contributed by atoms with Crippen LogP contribution in [0.3, 0.4) is 0 Å². The Morgan fingerprint density at radius 1 is 1.06 bits per heavy atom. The molecule has 0 saturated carbocycles. The van der Waals surface area contributed by atoms with E-state index >= 15 is 0 Å². The van der Waals surface area contributed by atoms with Crippen LogP contribution in [0.25, 0.3) is 0 Å². The fourth-order valence-corrected chi connectivity index (χ4v) is 3.82. The molecule has 1 atom stereocenters. The number of hydrogen-bond donors (Lipinski definition) is 7. The van der Waals surface area contributed by atoms with Crippen LogP contribution < -0.4 is 21.7 Å². The third-order valence-corrected chi connectivity index (χ3v) is 5.39. The van der Waals surface area contributed by atoms with Crippen molar-refractivity contribution in [2.45, 2.75) is 17.4 Å². The SMILES string of the molecule is N=C(N)Nc1cccc(C(=O)NCC(=O)N[C@H](CSc2ccccc2C(=O)O)CC(=O)O)c1. The first kappa shape index (κ1) is 25.2. The number of nitrogens with one attached hydrogen (secondary N) is 4. The Morgan fingerprint density at radius 2 is 1.79 bits per heavy atom. The van der Waals surface area contributed by atoms with E-state index in [4.69, 9.17) is 16.2 Å². The lowest BCUT2D eigenvalue weighted by Crippen LogP contribution is -2.44. The maximum absolute atomic E-state index is 12.3. The van der Waals surface area contributed by atoms with Crippen molar-refractivity contribution in [2.75, 3.05) is 17.6 Å². The van der Waals surface area contributed by atoms with Crippen molar-refractivity contribution in [2.24, 2.45) is 5.73 Å². The van der Waals surface area contributed by atoms with E-state index in [1.54, 1.807) is 30.3 Å². The van der Waals surface area contributed by atoms with Crippen LogP contribution in [0.4, 0.5) is 5.69 Å². The molecular formula is C21H23N5O6S. The van der Waals surface area contributed by atoms with E-state index in [-0.39, 0.29) is 29.3 Å². The first-order valence-electron chi connectivity index (χ1n) is 9.61. The van der Waals surface area contributed by atoms with Gasteiger partial charge in [0.05, 0.1) is 18.5 Å². The minimum atomic E-state index is -1.13. The lowest BCUT2D eigenvalue weighted by atomic mass is 10.2. The number of carboxylic acids is 2. The number of guanidine groups is 1. The van der Waals surface area contributed by atoms with Crippen LogP contribution in [0.1, 0.15) is 27.1 Å². The highest BCUT2D eigenvalue weighted by atomic mass is 32.2. The second kappa shape index (κ2) is 12.1. The fraction of sp³-hybridized carbons (Fsp3) is 0.190. The lowest BCUT2D eigenvalue weighted by molar-refractivity contribution is -0.137. The molecule has 0 fully saturated rings. The molecular weight excluding hydrogens is 450 g/mol. The molecule has 0 aliphatic carbocycles. The minimum absolute atomic E-state index is 0.0802. The number of carbonyl (C=O) groups excluding carboxylic acids is 2. The highest BCUT2D eigenvalue weighted by Crippen LogP contribution is 2.24. The van der Waals surface area contributed by atoms with Gasteiger partial charge in [0.15, 0.2) is 5.96 Å². The number of thioether (sulfide) groups is 1. The molecule has 8 N–H and O–H groups in total. The summed E-state index contributed by atoms with van der Waals surface area (Å²) in [6, 6.07) is 11.7. The Bertz CT molecular complexity index is 1060. The molecule has 0 aliphatic rings. The van der Waals surface area contributed by atoms with Gasteiger partial charge in [0.25, 0.3) is 5.91 Å². The molecule has 0 bridgehead atoms. The van der Waals surface area contributed by atoms with E-state index in [1.807, 2.05) is 0 Å². The maximum atomic E-state index is 12.3. The highest BCUT2D eigenvalue weighted by molar-refractivity contribution is 7.99. The summed E-state index contributed by atoms with van der Waals surface area (Å²) in [7, 11) is 0. The van der Waals surface area contributed by atoms with Crippen LogP contribution in [-0.2, 0) is 9.59 Å². The average molecular weight is 474 g/mol. The third kappa shape index (κ3) is 8.53. The molecule has 2 aromatic rings. The molecule has 12 heteroatoms. The summed E-state index contributed by atoms with van der Waals surface area (Å²) < 4.78 is 0. The van der Waals surface area contributed by atoms with Crippen molar-refractivity contribution in [1.29, 1.82) is 5.41 Å². The number of aromatic carboxylic acids is 1. The van der Waals surface area contributed by atoms with Crippen molar-refractivity contribution >= 4 is 47.2 Å². The Balaban J connectivity index is 1.94. The Labute approximate surface area is 193 Å². The summed E-state index contributed by atoms with van der Waals surface area (Å²) in [6.45, 7) is -0.393. The molecule has 0 radical (unpaired) electrons. The molecule has 2 amide bonds. The van der Waals surface area contributed by atoms with E-state index in [1.165, 1.54) is 18.2 Å². The largest absolute Gasteiger partial charge is 0.481 e. The zero-order valence-electron chi connectivity index (χ0n) is 17.3. The van der Waals surface area contributed by atoms with E-state index in [9.17, 15) is 24.3 Å². The molecule has 0 unspecified atom stereocenters. The van der Waals surface area contributed by atoms with Gasteiger partial charge in [-0.3, -0.25) is 19.8 Å². The van der Waals surface area contributed by atoms with E-state index in [0.717, 1.165) is 11.8 Å². The topological polar surface area (TPSA) is 195 Å². The number of nitrogens with two attached hydrogens (primary N) is 1. The van der Waals surface area contributed by atoms with Gasteiger partial charge in [-0.25, -0.2) is 4.79 Å². The Kier molecular flexibility index (Phi) is 9.24. The molecule has 0 aromatic heterocycles. The Morgan fingerprint density at radius 3 is 2.45 bits per heavy atom. The zero-order chi connectivity index (χ0) is 24.4. The smallest absolute Gasteiger partial charge is 0.336 e. The van der Waals surface area contributed by atoms with Crippen LogP contribution in [0.5, 0.6) is 0 Å². The predicted molar refractivity (Wildman–Crippen MR) is 123 cm³/mol. The van der Waals surface area contributed by atoms with Crippen molar-refractivity contribution in [3.05, 3.63) is 59.7 Å². The normalized spacial score (nSPS) is 11.2. The Hall–Kier alpha value is -4.06. The van der Waals surface area contributed by atoms with Crippen molar-refractivity contribution in [1.82, 2.24) is 10.6 Å². The van der Waals surface area contributed by atoms with Gasteiger partial charge < -0.3 is 31.9 Å². The molecule has 0 spiro atoms. The zero-order valence-corrected chi connectivity index (χ0v) is 18.1. The first-order chi connectivity index (χ1) is 15.7. The number of aliphatic carboxylic acids is 1. The standard InChI is InChI=1S/C21H23N5O6S/c22-21(23)26-13-5-3-4-12(8-13)19(30)24-10-17(27)25-14(9-18(28)29)11-33-16-7-2-1-6-15(16)20(31)32/h1-8,14H,9-11H2,(H,24,30)(H,25,27)(H,28,29)(H,31,32)(H4,22,23,26)/t14-/m0/s1. The van der Waals surface area contributed by atoms with Crippen molar-refractivity contribution in [3.63, 3.8) is 0 Å². The maximum Gasteiger partial charge on any atom is 0.336 e. The number of hydrogen-bond acceptors (Lipinski definition) is 6. The number of carbonyl (C=O) groups is 4. The van der Waals surface area contributed by atoms with Crippen LogP contribution in [0, 0.1) is 5.41 Å². The van der Waals surface area contributed by atoms with E-state index in [0.29, 0.717) is 10.6 Å². The lowest BCUT2D eigenvalue weighted by Gasteiger charge is -2.17.